The van der Waals surface area contributed by atoms with E-state index in [-0.39, 0.29) is 40.3 Å². The van der Waals surface area contributed by atoms with Gasteiger partial charge < -0.3 is 24.8 Å². The van der Waals surface area contributed by atoms with Gasteiger partial charge in [0.05, 0.1) is 47.0 Å². The van der Waals surface area contributed by atoms with E-state index in [9.17, 15) is 18.0 Å². The number of ether oxygens (including phenoxy) is 1. The molecule has 4 aliphatic rings. The third-order valence-corrected chi connectivity index (χ3v) is 9.84. The van der Waals surface area contributed by atoms with E-state index in [0.29, 0.717) is 23.7 Å². The van der Waals surface area contributed by atoms with Crippen LogP contribution in [0.1, 0.15) is 24.3 Å². The number of nitrogens with two attached hydrogens (primary N) is 1. The molecule has 0 spiro atoms. The molecule has 2 saturated heterocycles. The van der Waals surface area contributed by atoms with Crippen LogP contribution in [0.15, 0.2) is 45.8 Å². The van der Waals surface area contributed by atoms with Crippen LogP contribution >= 0.6 is 11.6 Å². The Hall–Kier alpha value is -3.55. The fraction of sp³-hybridized carbons (Fsp3) is 0.385. The van der Waals surface area contributed by atoms with Crippen molar-refractivity contribution >= 4 is 39.1 Å². The van der Waals surface area contributed by atoms with E-state index in [1.807, 2.05) is 0 Å². The predicted octanol–water partition coefficient (Wildman–Crippen LogP) is 2.91. The van der Waals surface area contributed by atoms with E-state index in [2.05, 4.69) is 10.1 Å². The fourth-order valence-electron chi connectivity index (χ4n) is 5.93. The van der Waals surface area contributed by atoms with Crippen LogP contribution in [0.2, 0.25) is 5.02 Å². The Kier molecular flexibility index (Phi) is 6.35. The van der Waals surface area contributed by atoms with Gasteiger partial charge in [0.25, 0.3) is 0 Å². The number of methoxy groups -OCH3 is 1. The Bertz CT molecular complexity index is 1620. The van der Waals surface area contributed by atoms with Crippen molar-refractivity contribution in [1.29, 1.82) is 0 Å². The van der Waals surface area contributed by atoms with Gasteiger partial charge in [0, 0.05) is 18.1 Å². The van der Waals surface area contributed by atoms with Gasteiger partial charge in [-0.05, 0) is 48.6 Å². The Labute approximate surface area is 233 Å². The van der Waals surface area contributed by atoms with Gasteiger partial charge >= 0.3 is 6.09 Å². The minimum Gasteiger partial charge on any atom is -0.453 e. The van der Waals surface area contributed by atoms with E-state index >= 15 is 4.39 Å². The number of amides is 2. The third kappa shape index (κ3) is 4.41. The number of carbonyl (C=O) groups excluding carboxylic acids is 2. The Morgan fingerprint density at radius 3 is 2.70 bits per heavy atom. The van der Waals surface area contributed by atoms with E-state index in [1.54, 1.807) is 29.2 Å². The number of carbonyl (C=O) groups is 2. The van der Waals surface area contributed by atoms with E-state index in [1.165, 1.54) is 18.1 Å². The summed E-state index contributed by atoms with van der Waals surface area (Å²) in [5.74, 6) is -1.78. The Morgan fingerprint density at radius 2 is 2.00 bits per heavy atom. The highest BCUT2D eigenvalue weighted by Gasteiger charge is 2.56. The lowest BCUT2D eigenvalue weighted by atomic mass is 9.58. The zero-order valence-corrected chi connectivity index (χ0v) is 22.9. The highest BCUT2D eigenvalue weighted by Crippen LogP contribution is 2.52. The minimum absolute atomic E-state index is 0.0251. The van der Waals surface area contributed by atoms with Gasteiger partial charge in [0.2, 0.25) is 17.6 Å². The van der Waals surface area contributed by atoms with Crippen LogP contribution in [0.3, 0.4) is 0 Å². The smallest absolute Gasteiger partial charge is 0.409 e. The monoisotopic (exact) mass is 589 g/mol. The lowest BCUT2D eigenvalue weighted by molar-refractivity contribution is -0.119. The fourth-order valence-corrected chi connectivity index (χ4v) is 7.62. The second-order valence-corrected chi connectivity index (χ2v) is 13.0. The van der Waals surface area contributed by atoms with Crippen LogP contribution in [0, 0.1) is 11.7 Å². The van der Waals surface area contributed by atoms with E-state index < -0.39 is 44.9 Å². The first kappa shape index (κ1) is 26.7. The zero-order valence-electron chi connectivity index (χ0n) is 21.3. The molecule has 14 heteroatoms. The summed E-state index contributed by atoms with van der Waals surface area (Å²) in [6, 6.07) is 7.45. The van der Waals surface area contributed by atoms with E-state index in [4.69, 9.17) is 26.6 Å². The molecule has 2 bridgehead atoms. The summed E-state index contributed by atoms with van der Waals surface area (Å²) in [5.41, 5.74) is 5.89. The standard InChI is InChI=1S/C26H25ClFN5O6S/c1-38-25(35)32-10-15-8-26(9-15,13-32)24-30-22(31-39-24)17-6-20-21(7-18(17)28)40(36,37)12-19(29)23(34)33(20)11-14-2-4-16(27)5-3-14/h2-7,15,19H,8-13,29H2,1H3/t15?,19-,26?/m0/s1. The number of benzene rings is 2. The summed E-state index contributed by atoms with van der Waals surface area (Å²) < 4.78 is 52.2. The van der Waals surface area contributed by atoms with Crippen molar-refractivity contribution in [2.45, 2.75) is 35.7 Å². The molecule has 2 N–H and O–H groups in total. The largest absolute Gasteiger partial charge is 0.453 e. The minimum atomic E-state index is -4.11. The molecule has 4 heterocycles. The first-order valence-electron chi connectivity index (χ1n) is 12.5. The Morgan fingerprint density at radius 1 is 1.27 bits per heavy atom. The molecule has 2 aromatic carbocycles. The topological polar surface area (TPSA) is 149 Å². The molecule has 40 heavy (non-hydrogen) atoms. The molecule has 210 valence electrons. The SMILES string of the molecule is COC(=O)N1CC2CC(c3nc(-c4cc5c(cc4F)S(=O)(=O)C[C@H](N)C(=O)N5Cc4ccc(Cl)cc4)no3)(C2)C1. The van der Waals surface area contributed by atoms with Gasteiger partial charge in [-0.3, -0.25) is 4.79 Å². The molecule has 11 nitrogen and oxygen atoms in total. The number of rotatable bonds is 4. The second-order valence-electron chi connectivity index (χ2n) is 10.6. The van der Waals surface area contributed by atoms with Crippen LogP contribution in [0.4, 0.5) is 14.9 Å². The van der Waals surface area contributed by atoms with Crippen molar-refractivity contribution in [3.63, 3.8) is 0 Å². The molecule has 1 aromatic heterocycles. The van der Waals surface area contributed by atoms with Crippen LogP contribution in [0.25, 0.3) is 11.4 Å². The maximum Gasteiger partial charge on any atom is 0.409 e. The first-order chi connectivity index (χ1) is 19.0. The van der Waals surface area contributed by atoms with Gasteiger partial charge in [-0.15, -0.1) is 0 Å². The lowest BCUT2D eigenvalue weighted by Crippen LogP contribution is -2.60. The average molecular weight is 590 g/mol. The molecule has 2 amide bonds. The number of hydrogen-bond acceptors (Lipinski definition) is 9. The maximum absolute atomic E-state index is 15.5. The number of hydrogen-bond donors (Lipinski definition) is 1. The summed E-state index contributed by atoms with van der Waals surface area (Å²) in [7, 11) is -2.79. The van der Waals surface area contributed by atoms with Crippen LogP contribution in [0.5, 0.6) is 0 Å². The number of sulfone groups is 1. The molecule has 1 atom stereocenters. The van der Waals surface area contributed by atoms with Crippen LogP contribution in [-0.4, -0.2) is 67.5 Å². The van der Waals surface area contributed by atoms with Gasteiger partial charge in [-0.1, -0.05) is 28.9 Å². The average Bonchev–Trinajstić information content (AvgIpc) is 3.39. The lowest BCUT2D eigenvalue weighted by Gasteiger charge is -2.53. The number of halogens is 2. The zero-order chi connectivity index (χ0) is 28.4. The van der Waals surface area contributed by atoms with E-state index in [0.717, 1.165) is 18.9 Å². The van der Waals surface area contributed by atoms with Gasteiger partial charge in [-0.2, -0.15) is 4.98 Å². The molecule has 3 aliphatic heterocycles. The van der Waals surface area contributed by atoms with Crippen molar-refractivity contribution in [2.24, 2.45) is 11.7 Å². The number of anilines is 1. The number of aromatic nitrogens is 2. The van der Waals surface area contributed by atoms with Crippen molar-refractivity contribution in [3.05, 3.63) is 58.7 Å². The van der Waals surface area contributed by atoms with Crippen molar-refractivity contribution < 1.29 is 31.7 Å². The molecule has 3 aromatic rings. The van der Waals surface area contributed by atoms with Crippen molar-refractivity contribution in [1.82, 2.24) is 15.0 Å². The molecular weight excluding hydrogens is 565 g/mol. The summed E-state index contributed by atoms with van der Waals surface area (Å²) >= 11 is 5.99. The number of nitrogens with zero attached hydrogens (tertiary/aromatic N) is 4. The summed E-state index contributed by atoms with van der Waals surface area (Å²) in [6.45, 7) is 0.871. The van der Waals surface area contributed by atoms with Gasteiger partial charge in [0.15, 0.2) is 9.84 Å². The summed E-state index contributed by atoms with van der Waals surface area (Å²) in [4.78, 5) is 32.3. The molecular formula is C26H25ClFN5O6S. The second kappa shape index (κ2) is 9.53. The molecule has 7 rings (SSSR count). The van der Waals surface area contributed by atoms with Gasteiger partial charge in [-0.25, -0.2) is 17.6 Å². The number of piperidine rings is 2. The highest BCUT2D eigenvalue weighted by molar-refractivity contribution is 7.91. The highest BCUT2D eigenvalue weighted by atomic mass is 35.5. The predicted molar refractivity (Wildman–Crippen MR) is 141 cm³/mol. The third-order valence-electron chi connectivity index (χ3n) is 7.79. The maximum atomic E-state index is 15.5. The summed E-state index contributed by atoms with van der Waals surface area (Å²) in [6.07, 6.45) is 1.01. The summed E-state index contributed by atoms with van der Waals surface area (Å²) in [5, 5.41) is 4.48. The normalized spacial score (nSPS) is 25.1. The Balaban J connectivity index is 1.40. The first-order valence-corrected chi connectivity index (χ1v) is 14.6. The van der Waals surface area contributed by atoms with Crippen LogP contribution in [-0.2, 0) is 31.3 Å². The van der Waals surface area contributed by atoms with Gasteiger partial charge in [0.1, 0.15) is 5.82 Å². The quantitative estimate of drug-likeness (QED) is 0.484. The number of fused-ring (bicyclic) bond motifs is 3. The molecule has 0 unspecified atom stereocenters. The van der Waals surface area contributed by atoms with Crippen molar-refractivity contribution in [2.75, 3.05) is 30.9 Å². The molecule has 0 radical (unpaired) electrons. The molecule has 1 aliphatic carbocycles. The molecule has 1 saturated carbocycles. The van der Waals surface area contributed by atoms with Crippen molar-refractivity contribution in [3.8, 4) is 11.4 Å². The molecule has 3 fully saturated rings. The van der Waals surface area contributed by atoms with Crippen LogP contribution < -0.4 is 10.6 Å².